The van der Waals surface area contributed by atoms with Crippen LogP contribution in [0.5, 0.6) is 0 Å². The maximum atomic E-state index is 5.91. The Balaban J connectivity index is 2.29. The zero-order valence-electron chi connectivity index (χ0n) is 10.7. The van der Waals surface area contributed by atoms with Gasteiger partial charge in [0.1, 0.15) is 0 Å². The molecule has 0 fully saturated rings. The second kappa shape index (κ2) is 5.64. The Morgan fingerprint density at radius 3 is 2.56 bits per heavy atom. The number of methoxy groups -OCH3 is 1. The number of para-hydroxylation sites is 2. The molecule has 1 aromatic heterocycles. The SMILES string of the molecule is CCC(COC)Nc1nc2ccccc2nc1N. The summed E-state index contributed by atoms with van der Waals surface area (Å²) in [4.78, 5) is 8.83. The number of nitrogens with zero attached hydrogens (tertiary/aromatic N) is 2. The zero-order chi connectivity index (χ0) is 13.0. The third-order valence-corrected chi connectivity index (χ3v) is 2.80. The van der Waals surface area contributed by atoms with Crippen molar-refractivity contribution in [3.8, 4) is 0 Å². The van der Waals surface area contributed by atoms with Gasteiger partial charge in [-0.3, -0.25) is 0 Å². The molecule has 0 spiro atoms. The Morgan fingerprint density at radius 1 is 1.28 bits per heavy atom. The summed E-state index contributed by atoms with van der Waals surface area (Å²) in [5, 5.41) is 3.27. The van der Waals surface area contributed by atoms with Crippen molar-refractivity contribution in [2.24, 2.45) is 0 Å². The molecule has 0 aliphatic carbocycles. The summed E-state index contributed by atoms with van der Waals surface area (Å²) in [5.41, 5.74) is 7.55. The maximum absolute atomic E-state index is 5.91. The van der Waals surface area contributed by atoms with Crippen LogP contribution >= 0.6 is 0 Å². The smallest absolute Gasteiger partial charge is 0.169 e. The van der Waals surface area contributed by atoms with E-state index in [-0.39, 0.29) is 6.04 Å². The molecule has 1 atom stereocenters. The van der Waals surface area contributed by atoms with E-state index in [1.807, 2.05) is 24.3 Å². The number of hydrogen-bond acceptors (Lipinski definition) is 5. The van der Waals surface area contributed by atoms with E-state index >= 15 is 0 Å². The number of aromatic nitrogens is 2. The Kier molecular flexibility index (Phi) is 3.94. The van der Waals surface area contributed by atoms with Crippen molar-refractivity contribution in [2.45, 2.75) is 19.4 Å². The van der Waals surface area contributed by atoms with Gasteiger partial charge < -0.3 is 15.8 Å². The van der Waals surface area contributed by atoms with Gasteiger partial charge in [-0.15, -0.1) is 0 Å². The highest BCUT2D eigenvalue weighted by atomic mass is 16.5. The summed E-state index contributed by atoms with van der Waals surface area (Å²) in [5.74, 6) is 1.04. The Morgan fingerprint density at radius 2 is 1.94 bits per heavy atom. The largest absolute Gasteiger partial charge is 0.383 e. The van der Waals surface area contributed by atoms with Crippen LogP contribution in [0.25, 0.3) is 11.0 Å². The lowest BCUT2D eigenvalue weighted by Gasteiger charge is -2.17. The van der Waals surface area contributed by atoms with Crippen molar-refractivity contribution >= 4 is 22.7 Å². The summed E-state index contributed by atoms with van der Waals surface area (Å²) < 4.78 is 5.14. The molecular formula is C13H18N4O. The van der Waals surface area contributed by atoms with Crippen LogP contribution in [0.15, 0.2) is 24.3 Å². The summed E-state index contributed by atoms with van der Waals surface area (Å²) >= 11 is 0. The number of ether oxygens (including phenoxy) is 1. The first-order chi connectivity index (χ1) is 8.74. The van der Waals surface area contributed by atoms with Crippen molar-refractivity contribution in [2.75, 3.05) is 24.8 Å². The highest BCUT2D eigenvalue weighted by molar-refractivity contribution is 5.79. The molecule has 2 rings (SSSR count). The lowest BCUT2D eigenvalue weighted by Crippen LogP contribution is -2.25. The van der Waals surface area contributed by atoms with Crippen LogP contribution < -0.4 is 11.1 Å². The predicted octanol–water partition coefficient (Wildman–Crippen LogP) is 2.05. The second-order valence-electron chi connectivity index (χ2n) is 4.15. The van der Waals surface area contributed by atoms with E-state index in [0.29, 0.717) is 18.2 Å². The third kappa shape index (κ3) is 2.68. The number of nitrogens with one attached hydrogen (secondary N) is 1. The topological polar surface area (TPSA) is 73.1 Å². The molecule has 3 N–H and O–H groups in total. The molecule has 0 aliphatic heterocycles. The third-order valence-electron chi connectivity index (χ3n) is 2.80. The molecule has 5 heteroatoms. The predicted molar refractivity (Wildman–Crippen MR) is 73.5 cm³/mol. The standard InChI is InChI=1S/C13H18N4O/c1-3-9(8-18-2)15-13-12(14)16-10-6-4-5-7-11(10)17-13/h4-7,9H,3,8H2,1-2H3,(H2,14,16)(H,15,17). The average Bonchev–Trinajstić information content (AvgIpc) is 2.39. The van der Waals surface area contributed by atoms with E-state index in [2.05, 4.69) is 22.2 Å². The van der Waals surface area contributed by atoms with Gasteiger partial charge in [0.25, 0.3) is 0 Å². The van der Waals surface area contributed by atoms with Crippen LogP contribution in [0.1, 0.15) is 13.3 Å². The number of benzene rings is 1. The van der Waals surface area contributed by atoms with E-state index in [9.17, 15) is 0 Å². The van der Waals surface area contributed by atoms with Crippen molar-refractivity contribution in [1.29, 1.82) is 0 Å². The molecule has 1 unspecified atom stereocenters. The molecule has 1 aromatic carbocycles. The monoisotopic (exact) mass is 246 g/mol. The first-order valence-corrected chi connectivity index (χ1v) is 6.02. The van der Waals surface area contributed by atoms with Crippen LogP contribution in [-0.4, -0.2) is 29.7 Å². The molecular weight excluding hydrogens is 228 g/mol. The van der Waals surface area contributed by atoms with Gasteiger partial charge in [-0.25, -0.2) is 9.97 Å². The fraction of sp³-hybridized carbons (Fsp3) is 0.385. The van der Waals surface area contributed by atoms with E-state index in [0.717, 1.165) is 17.5 Å². The Hall–Kier alpha value is -1.88. The number of anilines is 2. The minimum atomic E-state index is 0.188. The van der Waals surface area contributed by atoms with E-state index in [1.54, 1.807) is 7.11 Å². The average molecular weight is 246 g/mol. The van der Waals surface area contributed by atoms with Gasteiger partial charge in [0.15, 0.2) is 11.6 Å². The number of nitrogens with two attached hydrogens (primary N) is 1. The quantitative estimate of drug-likeness (QED) is 0.844. The van der Waals surface area contributed by atoms with E-state index in [4.69, 9.17) is 10.5 Å². The van der Waals surface area contributed by atoms with Crippen molar-refractivity contribution in [3.63, 3.8) is 0 Å². The van der Waals surface area contributed by atoms with Gasteiger partial charge >= 0.3 is 0 Å². The number of hydrogen-bond donors (Lipinski definition) is 2. The van der Waals surface area contributed by atoms with Crippen LogP contribution in [-0.2, 0) is 4.74 Å². The molecule has 5 nitrogen and oxygen atoms in total. The fourth-order valence-corrected chi connectivity index (χ4v) is 1.78. The number of nitrogen functional groups attached to an aromatic ring is 1. The molecule has 0 bridgehead atoms. The molecule has 18 heavy (non-hydrogen) atoms. The zero-order valence-corrected chi connectivity index (χ0v) is 10.7. The Bertz CT molecular complexity index is 529. The van der Waals surface area contributed by atoms with Gasteiger partial charge in [-0.05, 0) is 18.6 Å². The van der Waals surface area contributed by atoms with Gasteiger partial charge in [0.2, 0.25) is 0 Å². The van der Waals surface area contributed by atoms with Gasteiger partial charge in [0.05, 0.1) is 23.7 Å². The van der Waals surface area contributed by atoms with Gasteiger partial charge in [-0.1, -0.05) is 19.1 Å². The Labute approximate surface area is 106 Å². The molecule has 96 valence electrons. The molecule has 0 saturated carbocycles. The lowest BCUT2D eigenvalue weighted by atomic mass is 10.2. The molecule has 0 saturated heterocycles. The molecule has 0 radical (unpaired) electrons. The summed E-state index contributed by atoms with van der Waals surface area (Å²) in [7, 11) is 1.68. The van der Waals surface area contributed by atoms with Crippen LogP contribution in [0, 0.1) is 0 Å². The molecule has 1 heterocycles. The van der Waals surface area contributed by atoms with Crippen molar-refractivity contribution in [3.05, 3.63) is 24.3 Å². The first kappa shape index (κ1) is 12.6. The summed E-state index contributed by atoms with van der Waals surface area (Å²) in [6.45, 7) is 2.70. The molecule has 0 aliphatic rings. The van der Waals surface area contributed by atoms with Crippen molar-refractivity contribution < 1.29 is 4.74 Å². The number of rotatable bonds is 5. The number of fused-ring (bicyclic) bond motifs is 1. The summed E-state index contributed by atoms with van der Waals surface area (Å²) in [6.07, 6.45) is 0.932. The van der Waals surface area contributed by atoms with Gasteiger partial charge in [0, 0.05) is 7.11 Å². The van der Waals surface area contributed by atoms with Crippen molar-refractivity contribution in [1.82, 2.24) is 9.97 Å². The normalized spacial score (nSPS) is 12.6. The molecule has 0 amide bonds. The minimum Gasteiger partial charge on any atom is -0.383 e. The molecule has 2 aromatic rings. The van der Waals surface area contributed by atoms with Crippen LogP contribution in [0.3, 0.4) is 0 Å². The van der Waals surface area contributed by atoms with Crippen LogP contribution in [0.2, 0.25) is 0 Å². The van der Waals surface area contributed by atoms with Crippen LogP contribution in [0.4, 0.5) is 11.6 Å². The minimum absolute atomic E-state index is 0.188. The lowest BCUT2D eigenvalue weighted by molar-refractivity contribution is 0.184. The van der Waals surface area contributed by atoms with Gasteiger partial charge in [-0.2, -0.15) is 0 Å². The highest BCUT2D eigenvalue weighted by Crippen LogP contribution is 2.19. The fourth-order valence-electron chi connectivity index (χ4n) is 1.78. The van der Waals surface area contributed by atoms with E-state index in [1.165, 1.54) is 0 Å². The first-order valence-electron chi connectivity index (χ1n) is 6.02. The summed E-state index contributed by atoms with van der Waals surface area (Å²) in [6, 6.07) is 7.86. The highest BCUT2D eigenvalue weighted by Gasteiger charge is 2.10. The van der Waals surface area contributed by atoms with E-state index < -0.39 is 0 Å². The maximum Gasteiger partial charge on any atom is 0.169 e. The second-order valence-corrected chi connectivity index (χ2v) is 4.15.